The number of nitrogens with zero attached hydrogens (tertiary/aromatic N) is 1. The quantitative estimate of drug-likeness (QED) is 0.865. The summed E-state index contributed by atoms with van der Waals surface area (Å²) in [7, 11) is 1.44. The van der Waals surface area contributed by atoms with E-state index in [1.807, 2.05) is 19.1 Å². The van der Waals surface area contributed by atoms with Gasteiger partial charge in [0, 0.05) is 6.54 Å². The van der Waals surface area contributed by atoms with Crippen molar-refractivity contribution in [3.63, 3.8) is 0 Å². The minimum Gasteiger partial charge on any atom is -0.494 e. The van der Waals surface area contributed by atoms with E-state index >= 15 is 0 Å². The third-order valence-electron chi connectivity index (χ3n) is 2.73. The van der Waals surface area contributed by atoms with Crippen molar-refractivity contribution in [2.24, 2.45) is 0 Å². The maximum absolute atomic E-state index is 13.5. The Hall–Kier alpha value is -1.81. The van der Waals surface area contributed by atoms with E-state index in [2.05, 4.69) is 10.3 Å². The van der Waals surface area contributed by atoms with Crippen LogP contribution in [-0.2, 0) is 6.54 Å². The third kappa shape index (κ3) is 3.35. The van der Waals surface area contributed by atoms with Crippen LogP contribution in [0, 0.1) is 12.7 Å². The highest BCUT2D eigenvalue weighted by Gasteiger charge is 2.04. The van der Waals surface area contributed by atoms with Gasteiger partial charge in [-0.15, -0.1) is 0 Å². The smallest absolute Gasteiger partial charge is 0.165 e. The normalized spacial score (nSPS) is 10.3. The second-order valence-corrected chi connectivity index (χ2v) is 4.51. The van der Waals surface area contributed by atoms with Gasteiger partial charge in [0.1, 0.15) is 5.15 Å². The van der Waals surface area contributed by atoms with Gasteiger partial charge < -0.3 is 10.1 Å². The van der Waals surface area contributed by atoms with Crippen molar-refractivity contribution in [1.82, 2.24) is 4.98 Å². The Kier molecular flexibility index (Phi) is 4.22. The molecule has 0 aliphatic carbocycles. The lowest BCUT2D eigenvalue weighted by Gasteiger charge is -2.09. The topological polar surface area (TPSA) is 34.1 Å². The van der Waals surface area contributed by atoms with Crippen molar-refractivity contribution in [3.8, 4) is 5.75 Å². The first-order chi connectivity index (χ1) is 9.10. The second kappa shape index (κ2) is 5.89. The Bertz CT molecular complexity index is 590. The van der Waals surface area contributed by atoms with Crippen molar-refractivity contribution in [2.45, 2.75) is 13.5 Å². The molecule has 2 rings (SSSR count). The van der Waals surface area contributed by atoms with Gasteiger partial charge in [0.25, 0.3) is 0 Å². The molecule has 0 unspecified atom stereocenters. The first-order valence-corrected chi connectivity index (χ1v) is 6.16. The molecule has 0 atom stereocenters. The summed E-state index contributed by atoms with van der Waals surface area (Å²) in [5.41, 5.74) is 2.57. The lowest BCUT2D eigenvalue weighted by molar-refractivity contribution is 0.386. The van der Waals surface area contributed by atoms with Crippen LogP contribution in [0.4, 0.5) is 10.1 Å². The van der Waals surface area contributed by atoms with Gasteiger partial charge in [0.15, 0.2) is 11.6 Å². The molecule has 2 aromatic rings. The van der Waals surface area contributed by atoms with E-state index in [0.29, 0.717) is 11.7 Å². The molecule has 19 heavy (non-hydrogen) atoms. The predicted molar refractivity (Wildman–Crippen MR) is 74.3 cm³/mol. The van der Waals surface area contributed by atoms with Crippen LogP contribution in [0.2, 0.25) is 5.15 Å². The standard InChI is InChI=1S/C14H14ClFN2O/c1-9-5-11(8-18-14(9)15)17-7-10-3-4-13(19-2)12(16)6-10/h3-6,8,17H,7H2,1-2H3. The van der Waals surface area contributed by atoms with Gasteiger partial charge in [-0.25, -0.2) is 9.37 Å². The predicted octanol–water partition coefficient (Wildman–Crippen LogP) is 3.80. The van der Waals surface area contributed by atoms with Crippen molar-refractivity contribution >= 4 is 17.3 Å². The molecule has 0 spiro atoms. The molecule has 0 fully saturated rings. The van der Waals surface area contributed by atoms with Crippen molar-refractivity contribution in [3.05, 3.63) is 52.6 Å². The fourth-order valence-corrected chi connectivity index (χ4v) is 1.78. The minimum atomic E-state index is -0.368. The van der Waals surface area contributed by atoms with Crippen LogP contribution in [0.5, 0.6) is 5.75 Å². The van der Waals surface area contributed by atoms with Crippen LogP contribution in [0.15, 0.2) is 30.5 Å². The Morgan fingerprint density at radius 2 is 2.16 bits per heavy atom. The molecule has 0 saturated heterocycles. The second-order valence-electron chi connectivity index (χ2n) is 4.15. The van der Waals surface area contributed by atoms with Gasteiger partial charge in [0.05, 0.1) is 19.0 Å². The van der Waals surface area contributed by atoms with E-state index in [1.54, 1.807) is 12.3 Å². The number of ether oxygens (including phenoxy) is 1. The number of hydrogen-bond donors (Lipinski definition) is 1. The molecule has 0 bridgehead atoms. The summed E-state index contributed by atoms with van der Waals surface area (Å²) in [5.74, 6) is -0.125. The molecule has 1 aromatic heterocycles. The third-order valence-corrected chi connectivity index (χ3v) is 3.12. The van der Waals surface area contributed by atoms with Crippen molar-refractivity contribution in [1.29, 1.82) is 0 Å². The maximum Gasteiger partial charge on any atom is 0.165 e. The Morgan fingerprint density at radius 1 is 1.37 bits per heavy atom. The zero-order chi connectivity index (χ0) is 13.8. The lowest BCUT2D eigenvalue weighted by Crippen LogP contribution is -2.01. The average molecular weight is 281 g/mol. The molecule has 1 N–H and O–H groups in total. The summed E-state index contributed by atoms with van der Waals surface area (Å²) < 4.78 is 18.4. The van der Waals surface area contributed by atoms with Crippen molar-refractivity contribution in [2.75, 3.05) is 12.4 Å². The summed E-state index contributed by atoms with van der Waals surface area (Å²) in [4.78, 5) is 4.04. The van der Waals surface area contributed by atoms with Gasteiger partial charge in [-0.3, -0.25) is 0 Å². The minimum absolute atomic E-state index is 0.243. The number of pyridine rings is 1. The average Bonchev–Trinajstić information content (AvgIpc) is 2.40. The molecule has 1 aromatic carbocycles. The molecule has 0 aliphatic rings. The fraction of sp³-hybridized carbons (Fsp3) is 0.214. The first-order valence-electron chi connectivity index (χ1n) is 5.78. The molecule has 0 radical (unpaired) electrons. The summed E-state index contributed by atoms with van der Waals surface area (Å²) >= 11 is 5.85. The number of aromatic nitrogens is 1. The molecule has 0 amide bonds. The van der Waals surface area contributed by atoms with Gasteiger partial charge in [-0.2, -0.15) is 0 Å². The molecule has 5 heteroatoms. The number of methoxy groups -OCH3 is 1. The Morgan fingerprint density at radius 3 is 2.79 bits per heavy atom. The molecular weight excluding hydrogens is 267 g/mol. The number of hydrogen-bond acceptors (Lipinski definition) is 3. The molecule has 1 heterocycles. The summed E-state index contributed by atoms with van der Waals surface area (Å²) in [6, 6.07) is 6.76. The zero-order valence-corrected chi connectivity index (χ0v) is 11.5. The molecule has 100 valence electrons. The van der Waals surface area contributed by atoms with E-state index < -0.39 is 0 Å². The largest absolute Gasteiger partial charge is 0.494 e. The van der Waals surface area contributed by atoms with Gasteiger partial charge in [0.2, 0.25) is 0 Å². The number of aryl methyl sites for hydroxylation is 1. The molecule has 3 nitrogen and oxygen atoms in total. The lowest BCUT2D eigenvalue weighted by atomic mass is 10.2. The SMILES string of the molecule is COc1ccc(CNc2cnc(Cl)c(C)c2)cc1F. The maximum atomic E-state index is 13.5. The monoisotopic (exact) mass is 280 g/mol. The van der Waals surface area contributed by atoms with Crippen LogP contribution < -0.4 is 10.1 Å². The number of benzene rings is 1. The fourth-order valence-electron chi connectivity index (χ4n) is 1.68. The number of halogens is 2. The highest BCUT2D eigenvalue weighted by atomic mass is 35.5. The Balaban J connectivity index is 2.05. The number of nitrogens with one attached hydrogen (secondary N) is 1. The van der Waals surface area contributed by atoms with Crippen LogP contribution in [0.25, 0.3) is 0 Å². The highest BCUT2D eigenvalue weighted by molar-refractivity contribution is 6.30. The van der Waals surface area contributed by atoms with E-state index in [1.165, 1.54) is 13.2 Å². The molecule has 0 saturated carbocycles. The summed E-state index contributed by atoms with van der Waals surface area (Å²) in [5, 5.41) is 3.65. The molecular formula is C14H14ClFN2O. The van der Waals surface area contributed by atoms with Gasteiger partial charge in [-0.05, 0) is 36.2 Å². The van der Waals surface area contributed by atoms with Crippen LogP contribution >= 0.6 is 11.6 Å². The number of rotatable bonds is 4. The van der Waals surface area contributed by atoms with Crippen LogP contribution in [0.1, 0.15) is 11.1 Å². The van der Waals surface area contributed by atoms with E-state index in [-0.39, 0.29) is 11.6 Å². The summed E-state index contributed by atoms with van der Waals surface area (Å²) in [6.07, 6.45) is 1.65. The van der Waals surface area contributed by atoms with E-state index in [9.17, 15) is 4.39 Å². The van der Waals surface area contributed by atoms with E-state index in [4.69, 9.17) is 16.3 Å². The first kappa shape index (κ1) is 13.6. The van der Waals surface area contributed by atoms with Crippen LogP contribution in [-0.4, -0.2) is 12.1 Å². The van der Waals surface area contributed by atoms with Crippen molar-refractivity contribution < 1.29 is 9.13 Å². The summed E-state index contributed by atoms with van der Waals surface area (Å²) in [6.45, 7) is 2.39. The highest BCUT2D eigenvalue weighted by Crippen LogP contribution is 2.20. The van der Waals surface area contributed by atoms with Gasteiger partial charge in [-0.1, -0.05) is 17.7 Å². The zero-order valence-electron chi connectivity index (χ0n) is 10.7. The molecule has 0 aliphatic heterocycles. The van der Waals surface area contributed by atoms with Gasteiger partial charge >= 0.3 is 0 Å². The van der Waals surface area contributed by atoms with E-state index in [0.717, 1.165) is 16.8 Å². The van der Waals surface area contributed by atoms with Crippen LogP contribution in [0.3, 0.4) is 0 Å². The Labute approximate surface area is 116 Å². The number of anilines is 1.